The van der Waals surface area contributed by atoms with Crippen LogP contribution in [0.25, 0.3) is 0 Å². The Kier molecular flexibility index (Phi) is 4.67. The van der Waals surface area contributed by atoms with Gasteiger partial charge >= 0.3 is 0 Å². The lowest BCUT2D eigenvalue weighted by atomic mass is 9.92. The van der Waals surface area contributed by atoms with E-state index < -0.39 is 0 Å². The Bertz CT molecular complexity index is 896. The molecule has 0 saturated heterocycles. The zero-order valence-electron chi connectivity index (χ0n) is 14.7. The minimum absolute atomic E-state index is 0.0111. The number of hydrogen-bond donors (Lipinski definition) is 3. The molecular formula is C20H20N4O2. The molecule has 4 N–H and O–H groups in total. The highest BCUT2D eigenvalue weighted by atomic mass is 16.3. The lowest BCUT2D eigenvalue weighted by Gasteiger charge is -2.17. The van der Waals surface area contributed by atoms with Gasteiger partial charge in [-0.15, -0.1) is 0 Å². The number of aryl methyl sites for hydroxylation is 2. The summed E-state index contributed by atoms with van der Waals surface area (Å²) in [4.78, 5) is 21.3. The van der Waals surface area contributed by atoms with Crippen LogP contribution in [-0.4, -0.2) is 28.0 Å². The Morgan fingerprint density at radius 1 is 0.962 bits per heavy atom. The van der Waals surface area contributed by atoms with Gasteiger partial charge in [0, 0.05) is 12.1 Å². The Morgan fingerprint density at radius 2 is 1.58 bits per heavy atom. The van der Waals surface area contributed by atoms with Crippen molar-refractivity contribution in [2.24, 2.45) is 9.98 Å². The molecule has 6 nitrogen and oxygen atoms in total. The first-order valence-corrected chi connectivity index (χ1v) is 8.25. The van der Waals surface area contributed by atoms with Crippen molar-refractivity contribution < 1.29 is 9.90 Å². The van der Waals surface area contributed by atoms with Crippen LogP contribution in [0.3, 0.4) is 0 Å². The summed E-state index contributed by atoms with van der Waals surface area (Å²) in [6.45, 7) is 3.73. The molecule has 0 amide bonds. The van der Waals surface area contributed by atoms with Crippen molar-refractivity contribution in [2.75, 3.05) is 5.73 Å². The van der Waals surface area contributed by atoms with E-state index in [2.05, 4.69) is 9.98 Å². The molecule has 0 heterocycles. The molecular weight excluding hydrogens is 328 g/mol. The van der Waals surface area contributed by atoms with Crippen molar-refractivity contribution in [3.05, 3.63) is 47.5 Å². The molecule has 0 aromatic heterocycles. The predicted octanol–water partition coefficient (Wildman–Crippen LogP) is 3.82. The first kappa shape index (κ1) is 17.5. The smallest absolute Gasteiger partial charge is 0.183 e. The number of carbonyl (C=O) groups is 1. The summed E-state index contributed by atoms with van der Waals surface area (Å²) < 4.78 is 0. The fourth-order valence-electron chi connectivity index (χ4n) is 2.80. The number of aliphatic imine (C=N–C) groups is 2. The van der Waals surface area contributed by atoms with Gasteiger partial charge in [-0.1, -0.05) is 0 Å². The molecule has 1 aliphatic carbocycles. The van der Waals surface area contributed by atoms with Crippen LogP contribution in [0.5, 0.6) is 5.75 Å². The number of aromatic hydroxyl groups is 1. The zero-order chi connectivity index (χ0) is 18.8. The SMILES string of the molecule is Cc1cc(O)ccc1N=C1CC(=Nc2ccc(N)cc2C)C(=O)CC1=N. The highest BCUT2D eigenvalue weighted by molar-refractivity contribution is 6.61. The second-order valence-corrected chi connectivity index (χ2v) is 6.39. The predicted molar refractivity (Wildman–Crippen MR) is 105 cm³/mol. The number of nitrogens with zero attached hydrogens (tertiary/aromatic N) is 2. The maximum Gasteiger partial charge on any atom is 0.183 e. The second kappa shape index (κ2) is 6.92. The van der Waals surface area contributed by atoms with Crippen LogP contribution in [0.2, 0.25) is 0 Å². The van der Waals surface area contributed by atoms with Crippen LogP contribution in [-0.2, 0) is 4.79 Å². The average Bonchev–Trinajstić information content (AvgIpc) is 2.56. The summed E-state index contributed by atoms with van der Waals surface area (Å²) in [6.07, 6.45) is 0.199. The molecule has 2 aromatic carbocycles. The van der Waals surface area contributed by atoms with Crippen LogP contribution < -0.4 is 5.73 Å². The Labute approximate surface area is 151 Å². The van der Waals surface area contributed by atoms with E-state index in [0.29, 0.717) is 28.5 Å². The molecule has 2 aromatic rings. The van der Waals surface area contributed by atoms with Gasteiger partial charge in [0.15, 0.2) is 5.78 Å². The standard InChI is InChI=1S/C20H20N4O2/c1-11-7-13(21)3-5-16(11)24-19-10-18(15(22)9-20(19)26)23-17-6-4-14(25)8-12(17)2/h3-8,22,25H,9-10,21H2,1-2H3. The van der Waals surface area contributed by atoms with E-state index in [9.17, 15) is 9.90 Å². The van der Waals surface area contributed by atoms with Crippen molar-refractivity contribution in [2.45, 2.75) is 26.7 Å². The van der Waals surface area contributed by atoms with Gasteiger partial charge in [0.1, 0.15) is 5.75 Å². The van der Waals surface area contributed by atoms with Gasteiger partial charge in [0.05, 0.1) is 34.9 Å². The molecule has 132 valence electrons. The maximum absolute atomic E-state index is 12.3. The highest BCUT2D eigenvalue weighted by Gasteiger charge is 2.26. The number of hydrogen-bond acceptors (Lipinski definition) is 6. The fraction of sp³-hybridized carbons (Fsp3) is 0.200. The summed E-state index contributed by atoms with van der Waals surface area (Å²) in [6, 6.07) is 10.2. The van der Waals surface area contributed by atoms with Crippen molar-refractivity contribution in [1.82, 2.24) is 0 Å². The maximum atomic E-state index is 12.3. The number of benzene rings is 2. The Morgan fingerprint density at radius 3 is 2.23 bits per heavy atom. The van der Waals surface area contributed by atoms with E-state index in [-0.39, 0.29) is 30.1 Å². The van der Waals surface area contributed by atoms with Crippen LogP contribution in [0, 0.1) is 19.3 Å². The van der Waals surface area contributed by atoms with Crippen molar-refractivity contribution in [3.63, 3.8) is 0 Å². The number of Topliss-reactive ketones (excluding diaryl/α,β-unsaturated/α-hetero) is 1. The summed E-state index contributed by atoms with van der Waals surface area (Å²) in [5.74, 6) is 0.00836. The van der Waals surface area contributed by atoms with Crippen LogP contribution in [0.15, 0.2) is 46.4 Å². The minimum Gasteiger partial charge on any atom is -0.508 e. The summed E-state index contributed by atoms with van der Waals surface area (Å²) in [5, 5.41) is 17.6. The highest BCUT2D eigenvalue weighted by Crippen LogP contribution is 2.26. The average molecular weight is 348 g/mol. The Hall–Kier alpha value is -3.28. The number of carbonyl (C=O) groups excluding carboxylic acids is 1. The van der Waals surface area contributed by atoms with E-state index in [1.165, 1.54) is 0 Å². The number of nitrogens with two attached hydrogens (primary N) is 1. The first-order valence-electron chi connectivity index (χ1n) is 8.25. The largest absolute Gasteiger partial charge is 0.508 e. The third kappa shape index (κ3) is 3.69. The van der Waals surface area contributed by atoms with Gasteiger partial charge in [-0.3, -0.25) is 9.79 Å². The number of phenolic OH excluding ortho intramolecular Hbond substituents is 1. The summed E-state index contributed by atoms with van der Waals surface area (Å²) in [5.41, 5.74) is 10.6. The summed E-state index contributed by atoms with van der Waals surface area (Å²) >= 11 is 0. The molecule has 0 unspecified atom stereocenters. The number of rotatable bonds is 2. The molecule has 1 fully saturated rings. The second-order valence-electron chi connectivity index (χ2n) is 6.39. The monoisotopic (exact) mass is 348 g/mol. The van der Waals surface area contributed by atoms with E-state index >= 15 is 0 Å². The number of ketones is 1. The fourth-order valence-corrected chi connectivity index (χ4v) is 2.80. The molecule has 0 bridgehead atoms. The molecule has 0 atom stereocenters. The number of nitrogens with one attached hydrogen (secondary N) is 1. The van der Waals surface area contributed by atoms with Crippen LogP contribution >= 0.6 is 0 Å². The molecule has 26 heavy (non-hydrogen) atoms. The van der Waals surface area contributed by atoms with Crippen molar-refractivity contribution in [1.29, 1.82) is 5.41 Å². The third-order valence-corrected chi connectivity index (χ3v) is 4.25. The third-order valence-electron chi connectivity index (χ3n) is 4.25. The lowest BCUT2D eigenvalue weighted by molar-refractivity contribution is -0.112. The molecule has 0 aliphatic heterocycles. The van der Waals surface area contributed by atoms with Crippen molar-refractivity contribution >= 4 is 40.0 Å². The molecule has 0 radical (unpaired) electrons. The molecule has 1 aliphatic rings. The van der Waals surface area contributed by atoms with Crippen molar-refractivity contribution in [3.8, 4) is 5.75 Å². The van der Waals surface area contributed by atoms with E-state index in [0.717, 1.165) is 11.1 Å². The lowest BCUT2D eigenvalue weighted by Crippen LogP contribution is -2.32. The normalized spacial score (nSPS) is 17.9. The Balaban J connectivity index is 1.96. The van der Waals surface area contributed by atoms with Crippen LogP contribution in [0.4, 0.5) is 17.1 Å². The van der Waals surface area contributed by atoms with Gasteiger partial charge in [0.2, 0.25) is 0 Å². The number of nitrogen functional groups attached to an aromatic ring is 1. The minimum atomic E-state index is -0.160. The molecule has 1 saturated carbocycles. The van der Waals surface area contributed by atoms with Gasteiger partial charge in [-0.25, -0.2) is 4.99 Å². The van der Waals surface area contributed by atoms with E-state index in [4.69, 9.17) is 11.1 Å². The molecule has 3 rings (SSSR count). The van der Waals surface area contributed by atoms with Gasteiger partial charge in [-0.2, -0.15) is 0 Å². The topological polar surface area (TPSA) is 112 Å². The van der Waals surface area contributed by atoms with E-state index in [1.54, 1.807) is 30.3 Å². The summed E-state index contributed by atoms with van der Waals surface area (Å²) in [7, 11) is 0. The number of anilines is 1. The number of phenols is 1. The van der Waals surface area contributed by atoms with E-state index in [1.807, 2.05) is 19.9 Å². The van der Waals surface area contributed by atoms with Gasteiger partial charge < -0.3 is 16.2 Å². The van der Waals surface area contributed by atoms with Gasteiger partial charge in [-0.05, 0) is 61.4 Å². The quantitative estimate of drug-likeness (QED) is 0.717. The molecule has 6 heteroatoms. The van der Waals surface area contributed by atoms with Crippen LogP contribution in [0.1, 0.15) is 24.0 Å². The first-order chi connectivity index (χ1) is 12.3. The van der Waals surface area contributed by atoms with Gasteiger partial charge in [0.25, 0.3) is 0 Å². The molecule has 0 spiro atoms. The zero-order valence-corrected chi connectivity index (χ0v) is 14.7.